The molecule has 1 saturated heterocycles. The van der Waals surface area contributed by atoms with Crippen molar-refractivity contribution in [2.24, 2.45) is 5.92 Å². The van der Waals surface area contributed by atoms with Crippen LogP contribution in [0.1, 0.15) is 34.6 Å². The zero-order valence-electron chi connectivity index (χ0n) is 14.5. The van der Waals surface area contributed by atoms with Gasteiger partial charge in [0.05, 0.1) is 16.8 Å². The number of aromatic nitrogens is 1. The number of carbonyl (C=O) groups excluding carboxylic acids is 1. The molecule has 0 aliphatic carbocycles. The second-order valence-corrected chi connectivity index (χ2v) is 10.1. The maximum Gasteiger partial charge on any atom is 0.175 e. The Balaban J connectivity index is 1.97. The molecule has 0 bridgehead atoms. The Morgan fingerprint density at radius 2 is 1.85 bits per heavy atom. The van der Waals surface area contributed by atoms with Crippen LogP contribution in [0.3, 0.4) is 0 Å². The summed E-state index contributed by atoms with van der Waals surface area (Å²) in [5.41, 5.74) is 3.60. The molecular weight excluding hydrogens is 438 g/mol. The van der Waals surface area contributed by atoms with Gasteiger partial charge in [-0.1, -0.05) is 27.5 Å². The van der Waals surface area contributed by atoms with Gasteiger partial charge in [-0.05, 0) is 62.4 Å². The Morgan fingerprint density at radius 3 is 2.42 bits per heavy atom. The number of nitrogens with zero attached hydrogens (tertiary/aromatic N) is 1. The van der Waals surface area contributed by atoms with E-state index >= 15 is 0 Å². The minimum absolute atomic E-state index is 0.0442. The zero-order valence-corrected chi connectivity index (χ0v) is 17.7. The number of alkyl halides is 1. The number of benzene rings is 1. The summed E-state index contributed by atoms with van der Waals surface area (Å²) in [5.74, 6) is 0.866. The monoisotopic (exact) mass is 457 g/mol. The van der Waals surface area contributed by atoms with Crippen LogP contribution in [0.25, 0.3) is 5.69 Å². The predicted molar refractivity (Wildman–Crippen MR) is 109 cm³/mol. The standard InChI is InChI=1S/C19H21BrClNO3S/c1-13-18(19(23)12-20)11-17(10-14-6-8-26(24,25)9-7-14)22(13)16-4-2-15(21)3-5-16/h2-5,11,14H,6-10,12H2,1H3. The number of carbonyl (C=O) groups is 1. The van der Waals surface area contributed by atoms with Crippen LogP contribution < -0.4 is 0 Å². The van der Waals surface area contributed by atoms with Crippen LogP contribution in [-0.2, 0) is 16.3 Å². The molecule has 2 heterocycles. The van der Waals surface area contributed by atoms with Crippen LogP contribution >= 0.6 is 27.5 Å². The van der Waals surface area contributed by atoms with Gasteiger partial charge in [0.2, 0.25) is 0 Å². The van der Waals surface area contributed by atoms with Crippen LogP contribution in [0, 0.1) is 12.8 Å². The van der Waals surface area contributed by atoms with Gasteiger partial charge in [0.25, 0.3) is 0 Å². The molecule has 0 radical (unpaired) electrons. The van der Waals surface area contributed by atoms with E-state index in [1.807, 2.05) is 37.3 Å². The van der Waals surface area contributed by atoms with E-state index in [-0.39, 0.29) is 22.6 Å². The highest BCUT2D eigenvalue weighted by Crippen LogP contribution is 2.29. The van der Waals surface area contributed by atoms with Gasteiger partial charge >= 0.3 is 0 Å². The average Bonchev–Trinajstić information content (AvgIpc) is 2.93. The molecule has 0 spiro atoms. The summed E-state index contributed by atoms with van der Waals surface area (Å²) >= 11 is 9.27. The molecule has 1 aliphatic rings. The van der Waals surface area contributed by atoms with Crippen LogP contribution in [0.5, 0.6) is 0 Å². The van der Waals surface area contributed by atoms with Crippen molar-refractivity contribution < 1.29 is 13.2 Å². The van der Waals surface area contributed by atoms with Crippen molar-refractivity contribution in [1.82, 2.24) is 4.57 Å². The lowest BCUT2D eigenvalue weighted by molar-refractivity contribution is 0.102. The highest BCUT2D eigenvalue weighted by molar-refractivity contribution is 9.09. The Labute approximate surface area is 167 Å². The Kier molecular flexibility index (Phi) is 5.94. The number of halogens is 2. The van der Waals surface area contributed by atoms with Gasteiger partial charge in [-0.3, -0.25) is 4.79 Å². The minimum Gasteiger partial charge on any atom is -0.317 e. The number of ketones is 1. The van der Waals surface area contributed by atoms with Gasteiger partial charge in [-0.15, -0.1) is 0 Å². The van der Waals surface area contributed by atoms with Crippen molar-refractivity contribution >= 4 is 43.2 Å². The van der Waals surface area contributed by atoms with Crippen LogP contribution in [0.2, 0.25) is 5.02 Å². The van der Waals surface area contributed by atoms with E-state index in [0.29, 0.717) is 29.3 Å². The molecule has 140 valence electrons. The van der Waals surface area contributed by atoms with E-state index in [0.717, 1.165) is 23.5 Å². The first-order valence-corrected chi connectivity index (χ1v) is 11.9. The number of hydrogen-bond acceptors (Lipinski definition) is 3. The van der Waals surface area contributed by atoms with Crippen molar-refractivity contribution in [3.63, 3.8) is 0 Å². The summed E-state index contributed by atoms with van der Waals surface area (Å²) in [7, 11) is -2.88. The molecule has 7 heteroatoms. The molecule has 0 unspecified atom stereocenters. The van der Waals surface area contributed by atoms with Gasteiger partial charge in [-0.2, -0.15) is 0 Å². The fourth-order valence-corrected chi connectivity index (χ4v) is 5.58. The summed E-state index contributed by atoms with van der Waals surface area (Å²) < 4.78 is 25.5. The van der Waals surface area contributed by atoms with Crippen LogP contribution in [0.4, 0.5) is 0 Å². The molecule has 0 saturated carbocycles. The van der Waals surface area contributed by atoms with E-state index in [2.05, 4.69) is 20.5 Å². The highest BCUT2D eigenvalue weighted by Gasteiger charge is 2.26. The summed E-state index contributed by atoms with van der Waals surface area (Å²) in [5, 5.41) is 0.939. The normalized spacial score (nSPS) is 17.3. The SMILES string of the molecule is Cc1c(C(=O)CBr)cc(CC2CCS(=O)(=O)CC2)n1-c1ccc(Cl)cc1. The van der Waals surface area contributed by atoms with Gasteiger partial charge in [0.15, 0.2) is 5.78 Å². The van der Waals surface area contributed by atoms with E-state index in [1.165, 1.54) is 0 Å². The van der Waals surface area contributed by atoms with Gasteiger partial charge in [-0.25, -0.2) is 8.42 Å². The topological polar surface area (TPSA) is 56.1 Å². The Morgan fingerprint density at radius 1 is 1.23 bits per heavy atom. The van der Waals surface area contributed by atoms with Crippen molar-refractivity contribution in [2.75, 3.05) is 16.8 Å². The molecule has 1 fully saturated rings. The molecule has 1 aliphatic heterocycles. The highest BCUT2D eigenvalue weighted by atomic mass is 79.9. The summed E-state index contributed by atoms with van der Waals surface area (Å²) in [6, 6.07) is 9.49. The smallest absolute Gasteiger partial charge is 0.175 e. The summed E-state index contributed by atoms with van der Waals surface area (Å²) in [4.78, 5) is 12.3. The van der Waals surface area contributed by atoms with Crippen LogP contribution in [0.15, 0.2) is 30.3 Å². The molecular formula is C19H21BrClNO3S. The quantitative estimate of drug-likeness (QED) is 0.493. The molecule has 4 nitrogen and oxygen atoms in total. The Hall–Kier alpha value is -1.11. The molecule has 0 atom stereocenters. The number of Topliss-reactive ketones (excluding diaryl/α,β-unsaturated/α-hetero) is 1. The predicted octanol–water partition coefficient (Wildman–Crippen LogP) is 4.38. The second-order valence-electron chi connectivity index (χ2n) is 6.80. The lowest BCUT2D eigenvalue weighted by atomic mass is 9.96. The lowest BCUT2D eigenvalue weighted by Gasteiger charge is -2.23. The van der Waals surface area contributed by atoms with Crippen molar-refractivity contribution in [1.29, 1.82) is 0 Å². The van der Waals surface area contributed by atoms with Crippen molar-refractivity contribution in [3.8, 4) is 5.69 Å². The lowest BCUT2D eigenvalue weighted by Crippen LogP contribution is -2.25. The zero-order chi connectivity index (χ0) is 18.9. The third-order valence-electron chi connectivity index (χ3n) is 5.00. The molecule has 26 heavy (non-hydrogen) atoms. The average molecular weight is 459 g/mol. The van der Waals surface area contributed by atoms with Crippen LogP contribution in [-0.4, -0.2) is 35.6 Å². The van der Waals surface area contributed by atoms with Gasteiger partial charge in [0.1, 0.15) is 9.84 Å². The Bertz CT molecular complexity index is 905. The van der Waals surface area contributed by atoms with E-state index in [1.54, 1.807) is 0 Å². The molecule has 1 aromatic heterocycles. The fourth-order valence-electron chi connectivity index (χ4n) is 3.56. The number of rotatable bonds is 5. The molecule has 1 aromatic carbocycles. The van der Waals surface area contributed by atoms with Gasteiger partial charge in [0, 0.05) is 27.7 Å². The number of hydrogen-bond donors (Lipinski definition) is 0. The largest absolute Gasteiger partial charge is 0.317 e. The van der Waals surface area contributed by atoms with Gasteiger partial charge < -0.3 is 4.57 Å². The summed E-state index contributed by atoms with van der Waals surface area (Å²) in [6.07, 6.45) is 2.11. The van der Waals surface area contributed by atoms with Crippen molar-refractivity contribution in [3.05, 3.63) is 52.3 Å². The summed E-state index contributed by atoms with van der Waals surface area (Å²) in [6.45, 7) is 1.94. The van der Waals surface area contributed by atoms with Crippen molar-refractivity contribution in [2.45, 2.75) is 26.2 Å². The molecule has 3 rings (SSSR count). The first-order valence-electron chi connectivity index (χ1n) is 8.57. The molecule has 0 amide bonds. The minimum atomic E-state index is -2.88. The van der Waals surface area contributed by atoms with E-state index < -0.39 is 9.84 Å². The van der Waals surface area contributed by atoms with E-state index in [9.17, 15) is 13.2 Å². The molecule has 0 N–H and O–H groups in total. The third kappa shape index (κ3) is 4.24. The number of sulfone groups is 1. The first kappa shape index (κ1) is 19.6. The second kappa shape index (κ2) is 7.87. The fraction of sp³-hybridized carbons (Fsp3) is 0.421. The maximum atomic E-state index is 12.3. The van der Waals surface area contributed by atoms with E-state index in [4.69, 9.17) is 11.6 Å². The molecule has 2 aromatic rings. The third-order valence-corrected chi connectivity index (χ3v) is 7.48. The first-order chi connectivity index (χ1) is 12.3. The maximum absolute atomic E-state index is 12.3.